The van der Waals surface area contributed by atoms with Gasteiger partial charge in [0.25, 0.3) is 0 Å². The topological polar surface area (TPSA) is 43.8 Å². The van der Waals surface area contributed by atoms with E-state index in [-0.39, 0.29) is 5.91 Å². The smallest absolute Gasteiger partial charge is 0.222 e. The van der Waals surface area contributed by atoms with Crippen molar-refractivity contribution in [1.29, 1.82) is 0 Å². The minimum atomic E-state index is -0.662. The van der Waals surface area contributed by atoms with Crippen molar-refractivity contribution in [2.24, 2.45) is 0 Å². The Morgan fingerprint density at radius 3 is 2.35 bits per heavy atom. The molecule has 1 rings (SSSR count). The van der Waals surface area contributed by atoms with E-state index in [0.29, 0.717) is 18.8 Å². The lowest BCUT2D eigenvalue weighted by Crippen LogP contribution is -2.51. The third-order valence-corrected chi connectivity index (χ3v) is 3.13. The molecule has 0 spiro atoms. The molecule has 4 nitrogen and oxygen atoms in total. The van der Waals surface area contributed by atoms with Crippen molar-refractivity contribution in [3.05, 3.63) is 0 Å². The number of carbonyl (C=O) groups is 1. The van der Waals surface area contributed by atoms with E-state index in [1.54, 1.807) is 0 Å². The number of nitrogens with zero attached hydrogens (tertiary/aromatic N) is 2. The van der Waals surface area contributed by atoms with E-state index >= 15 is 0 Å². The molecule has 17 heavy (non-hydrogen) atoms. The molecule has 1 aliphatic rings. The quantitative estimate of drug-likeness (QED) is 0.750. The molecule has 0 unspecified atom stereocenters. The number of piperazine rings is 1. The lowest BCUT2D eigenvalue weighted by atomic mass is 10.1. The van der Waals surface area contributed by atoms with Crippen LogP contribution in [0.3, 0.4) is 0 Å². The van der Waals surface area contributed by atoms with Gasteiger partial charge in [0.05, 0.1) is 5.60 Å². The summed E-state index contributed by atoms with van der Waals surface area (Å²) in [6, 6.07) is 0. The lowest BCUT2D eigenvalue weighted by Gasteiger charge is -2.37. The van der Waals surface area contributed by atoms with Crippen LogP contribution in [0.4, 0.5) is 0 Å². The highest BCUT2D eigenvalue weighted by Crippen LogP contribution is 2.10. The second-order valence-corrected chi connectivity index (χ2v) is 5.64. The van der Waals surface area contributed by atoms with Gasteiger partial charge in [0, 0.05) is 45.0 Å². The SMILES string of the molecule is CC(C)(O)CN1CCN(C(=O)CCCCl)CC1. The predicted molar refractivity (Wildman–Crippen MR) is 69.3 cm³/mol. The number of halogens is 1. The molecule has 0 saturated carbocycles. The van der Waals surface area contributed by atoms with Crippen LogP contribution in [0.25, 0.3) is 0 Å². The van der Waals surface area contributed by atoms with Gasteiger partial charge in [-0.2, -0.15) is 0 Å². The fraction of sp³-hybridized carbons (Fsp3) is 0.917. The van der Waals surface area contributed by atoms with Gasteiger partial charge in [0.1, 0.15) is 0 Å². The Balaban J connectivity index is 2.28. The molecule has 100 valence electrons. The highest BCUT2D eigenvalue weighted by Gasteiger charge is 2.24. The number of aliphatic hydroxyl groups is 1. The normalized spacial score (nSPS) is 18.5. The molecule has 0 aliphatic carbocycles. The molecule has 5 heteroatoms. The van der Waals surface area contributed by atoms with Crippen LogP contribution < -0.4 is 0 Å². The number of β-amino-alcohol motifs (C(OH)–C–C–N with tert-alkyl or cyclic N) is 1. The zero-order valence-electron chi connectivity index (χ0n) is 10.8. The van der Waals surface area contributed by atoms with Crippen molar-refractivity contribution in [3.63, 3.8) is 0 Å². The largest absolute Gasteiger partial charge is 0.389 e. The molecule has 0 bridgehead atoms. The van der Waals surface area contributed by atoms with Crippen LogP contribution in [0.1, 0.15) is 26.7 Å². The summed E-state index contributed by atoms with van der Waals surface area (Å²) >= 11 is 5.57. The van der Waals surface area contributed by atoms with Gasteiger partial charge in [-0.25, -0.2) is 0 Å². The number of hydrogen-bond acceptors (Lipinski definition) is 3. The average molecular weight is 263 g/mol. The van der Waals surface area contributed by atoms with E-state index in [2.05, 4.69) is 4.90 Å². The van der Waals surface area contributed by atoms with Gasteiger partial charge in [-0.3, -0.25) is 9.69 Å². The first-order valence-corrected chi connectivity index (χ1v) is 6.74. The Morgan fingerprint density at radius 1 is 1.29 bits per heavy atom. The summed E-state index contributed by atoms with van der Waals surface area (Å²) in [7, 11) is 0. The van der Waals surface area contributed by atoms with Crippen molar-refractivity contribution >= 4 is 17.5 Å². The van der Waals surface area contributed by atoms with Crippen LogP contribution >= 0.6 is 11.6 Å². The van der Waals surface area contributed by atoms with Crippen LogP contribution in [-0.2, 0) is 4.79 Å². The molecule has 1 aliphatic heterocycles. The van der Waals surface area contributed by atoms with Gasteiger partial charge < -0.3 is 10.0 Å². The van der Waals surface area contributed by atoms with Crippen molar-refractivity contribution in [1.82, 2.24) is 9.80 Å². The fourth-order valence-corrected chi connectivity index (χ4v) is 2.21. The van der Waals surface area contributed by atoms with Crippen molar-refractivity contribution in [2.75, 3.05) is 38.6 Å². The molecular weight excluding hydrogens is 240 g/mol. The van der Waals surface area contributed by atoms with Gasteiger partial charge >= 0.3 is 0 Å². The third kappa shape index (κ3) is 5.70. The Hall–Kier alpha value is -0.320. The van der Waals surface area contributed by atoms with E-state index in [1.807, 2.05) is 18.7 Å². The zero-order chi connectivity index (χ0) is 12.9. The van der Waals surface area contributed by atoms with Crippen LogP contribution in [0.2, 0.25) is 0 Å². The second kappa shape index (κ2) is 6.57. The van der Waals surface area contributed by atoms with Crippen molar-refractivity contribution in [2.45, 2.75) is 32.3 Å². The highest BCUT2D eigenvalue weighted by molar-refractivity contribution is 6.17. The minimum Gasteiger partial charge on any atom is -0.389 e. The van der Waals surface area contributed by atoms with E-state index in [4.69, 9.17) is 11.6 Å². The van der Waals surface area contributed by atoms with Gasteiger partial charge in [0.15, 0.2) is 0 Å². The molecule has 1 amide bonds. The highest BCUT2D eigenvalue weighted by atomic mass is 35.5. The summed E-state index contributed by atoms with van der Waals surface area (Å²) in [5, 5.41) is 9.72. The van der Waals surface area contributed by atoms with Crippen molar-refractivity contribution in [3.8, 4) is 0 Å². The summed E-state index contributed by atoms with van der Waals surface area (Å²) in [5.74, 6) is 0.748. The second-order valence-electron chi connectivity index (χ2n) is 5.26. The molecule has 0 aromatic carbocycles. The summed E-state index contributed by atoms with van der Waals surface area (Å²) in [6.07, 6.45) is 1.30. The maximum Gasteiger partial charge on any atom is 0.222 e. The fourth-order valence-electron chi connectivity index (χ4n) is 2.08. The number of hydrogen-bond donors (Lipinski definition) is 1. The molecule has 0 atom stereocenters. The molecule has 1 fully saturated rings. The molecule has 0 aromatic rings. The zero-order valence-corrected chi connectivity index (χ0v) is 11.5. The maximum atomic E-state index is 11.7. The predicted octanol–water partition coefficient (Wildman–Crippen LogP) is 0.920. The molecule has 0 aromatic heterocycles. The van der Waals surface area contributed by atoms with Crippen LogP contribution in [-0.4, -0.2) is 65.0 Å². The number of alkyl halides is 1. The number of carbonyl (C=O) groups excluding carboxylic acids is 1. The van der Waals surface area contributed by atoms with Gasteiger partial charge in [-0.15, -0.1) is 11.6 Å². The third-order valence-electron chi connectivity index (χ3n) is 2.86. The summed E-state index contributed by atoms with van der Waals surface area (Å²) in [4.78, 5) is 15.8. The number of rotatable bonds is 5. The molecule has 1 heterocycles. The van der Waals surface area contributed by atoms with E-state index in [1.165, 1.54) is 0 Å². The van der Waals surface area contributed by atoms with E-state index in [9.17, 15) is 9.90 Å². The Morgan fingerprint density at radius 2 is 1.88 bits per heavy atom. The monoisotopic (exact) mass is 262 g/mol. The van der Waals surface area contributed by atoms with Crippen LogP contribution in [0.5, 0.6) is 0 Å². The first kappa shape index (κ1) is 14.7. The Kier molecular flexibility index (Phi) is 5.70. The Bertz CT molecular complexity index is 245. The van der Waals surface area contributed by atoms with E-state index in [0.717, 1.165) is 32.6 Å². The lowest BCUT2D eigenvalue weighted by molar-refractivity contribution is -0.133. The van der Waals surface area contributed by atoms with Gasteiger partial charge in [-0.05, 0) is 20.3 Å². The minimum absolute atomic E-state index is 0.202. The summed E-state index contributed by atoms with van der Waals surface area (Å²) < 4.78 is 0. The molecule has 1 saturated heterocycles. The van der Waals surface area contributed by atoms with E-state index < -0.39 is 5.60 Å². The van der Waals surface area contributed by atoms with Crippen molar-refractivity contribution < 1.29 is 9.90 Å². The standard InChI is InChI=1S/C12H23ClN2O2/c1-12(2,17)10-14-6-8-15(9-7-14)11(16)4-3-5-13/h17H,3-10H2,1-2H3. The first-order chi connectivity index (χ1) is 7.92. The van der Waals surface area contributed by atoms with Gasteiger partial charge in [-0.1, -0.05) is 0 Å². The molecule has 1 N–H and O–H groups in total. The van der Waals surface area contributed by atoms with Gasteiger partial charge in [0.2, 0.25) is 5.91 Å². The Labute approximate surface area is 109 Å². The summed E-state index contributed by atoms with van der Waals surface area (Å²) in [5.41, 5.74) is -0.662. The number of amides is 1. The summed E-state index contributed by atoms with van der Waals surface area (Å²) in [6.45, 7) is 7.49. The molecular formula is C12H23ClN2O2. The molecule has 0 radical (unpaired) electrons. The first-order valence-electron chi connectivity index (χ1n) is 6.21. The maximum absolute atomic E-state index is 11.7. The average Bonchev–Trinajstić information content (AvgIpc) is 2.24. The van der Waals surface area contributed by atoms with Crippen LogP contribution in [0, 0.1) is 0 Å². The van der Waals surface area contributed by atoms with Crippen LogP contribution in [0.15, 0.2) is 0 Å².